The summed E-state index contributed by atoms with van der Waals surface area (Å²) in [7, 11) is 0. The van der Waals surface area contributed by atoms with E-state index in [2.05, 4.69) is 25.6 Å². The number of aromatic amines is 1. The van der Waals surface area contributed by atoms with E-state index in [0.29, 0.717) is 28.4 Å². The van der Waals surface area contributed by atoms with Gasteiger partial charge in [-0.2, -0.15) is 0 Å². The number of hydrogen-bond acceptors (Lipinski definition) is 7. The number of nitrogens with two attached hydrogens (primary N) is 1. The molecule has 0 bridgehead atoms. The molecular formula is C11H17N7OS. The Hall–Kier alpha value is -1.87. The normalized spacial score (nSPS) is 11.1. The molecule has 0 saturated heterocycles. The maximum absolute atomic E-state index is 11.5. The Labute approximate surface area is 120 Å². The Morgan fingerprint density at radius 2 is 2.25 bits per heavy atom. The lowest BCUT2D eigenvalue weighted by molar-refractivity contribution is 0.659. The predicted octanol–water partition coefficient (Wildman–Crippen LogP) is 0.942. The Morgan fingerprint density at radius 1 is 1.50 bits per heavy atom. The van der Waals surface area contributed by atoms with Crippen molar-refractivity contribution in [2.45, 2.75) is 43.4 Å². The van der Waals surface area contributed by atoms with Crippen LogP contribution < -0.4 is 17.0 Å². The van der Waals surface area contributed by atoms with Gasteiger partial charge in [-0.3, -0.25) is 4.57 Å². The molecule has 0 spiro atoms. The summed E-state index contributed by atoms with van der Waals surface area (Å²) in [5.74, 6) is 6.81. The van der Waals surface area contributed by atoms with E-state index in [1.165, 1.54) is 16.3 Å². The van der Waals surface area contributed by atoms with Crippen molar-refractivity contribution < 1.29 is 0 Å². The van der Waals surface area contributed by atoms with Crippen molar-refractivity contribution in [2.24, 2.45) is 5.84 Å². The fourth-order valence-electron chi connectivity index (χ4n) is 1.58. The van der Waals surface area contributed by atoms with Crippen LogP contribution in [0.4, 0.5) is 5.82 Å². The summed E-state index contributed by atoms with van der Waals surface area (Å²) in [5.41, 5.74) is 2.29. The third-order valence-electron chi connectivity index (χ3n) is 2.62. The highest BCUT2D eigenvalue weighted by Crippen LogP contribution is 2.26. The summed E-state index contributed by atoms with van der Waals surface area (Å²) in [4.78, 5) is 20.3. The molecule has 0 saturated carbocycles. The lowest BCUT2D eigenvalue weighted by atomic mass is 10.2. The van der Waals surface area contributed by atoms with Crippen molar-refractivity contribution in [3.8, 4) is 0 Å². The first-order chi connectivity index (χ1) is 9.55. The minimum Gasteiger partial charge on any atom is -0.308 e. The molecule has 0 aliphatic rings. The van der Waals surface area contributed by atoms with Crippen molar-refractivity contribution in [1.29, 1.82) is 0 Å². The second-order valence-corrected chi connectivity index (χ2v) is 5.39. The van der Waals surface area contributed by atoms with E-state index in [-0.39, 0.29) is 11.6 Å². The van der Waals surface area contributed by atoms with E-state index in [0.717, 1.165) is 0 Å². The summed E-state index contributed by atoms with van der Waals surface area (Å²) >= 11 is 1.29. The maximum atomic E-state index is 11.5. The number of nitrogens with one attached hydrogen (secondary N) is 2. The number of nitrogen functional groups attached to an aromatic ring is 1. The van der Waals surface area contributed by atoms with Crippen LogP contribution >= 0.6 is 11.8 Å². The molecule has 0 atom stereocenters. The molecule has 0 aliphatic heterocycles. The quantitative estimate of drug-likeness (QED) is 0.427. The Morgan fingerprint density at radius 3 is 2.85 bits per heavy atom. The zero-order valence-corrected chi connectivity index (χ0v) is 12.4. The molecule has 8 nitrogen and oxygen atoms in total. The molecule has 2 aromatic rings. The van der Waals surface area contributed by atoms with Gasteiger partial charge in [0, 0.05) is 18.5 Å². The van der Waals surface area contributed by atoms with Crippen LogP contribution in [0.25, 0.3) is 0 Å². The fraction of sp³-hybridized carbons (Fsp3) is 0.455. The van der Waals surface area contributed by atoms with Gasteiger partial charge in [-0.1, -0.05) is 13.8 Å². The van der Waals surface area contributed by atoms with Crippen LogP contribution in [-0.2, 0) is 6.54 Å². The summed E-state index contributed by atoms with van der Waals surface area (Å²) < 4.78 is 1.54. The van der Waals surface area contributed by atoms with Crippen molar-refractivity contribution >= 4 is 17.6 Å². The lowest BCUT2D eigenvalue weighted by Crippen LogP contribution is -2.16. The zero-order valence-electron chi connectivity index (χ0n) is 11.5. The van der Waals surface area contributed by atoms with E-state index in [4.69, 9.17) is 5.84 Å². The molecule has 2 rings (SSSR count). The average molecular weight is 295 g/mol. The van der Waals surface area contributed by atoms with E-state index < -0.39 is 0 Å². The minimum atomic E-state index is -0.231. The monoisotopic (exact) mass is 295 g/mol. The number of hydrogen-bond donors (Lipinski definition) is 3. The largest absolute Gasteiger partial charge is 0.343 e. The summed E-state index contributed by atoms with van der Waals surface area (Å²) in [6.07, 6.45) is 0. The first-order valence-corrected chi connectivity index (χ1v) is 7.05. The van der Waals surface area contributed by atoms with Crippen LogP contribution in [0.15, 0.2) is 21.0 Å². The SMILES string of the molecule is CCn1c(Sc2cc(NN)nc(C(C)C)n2)n[nH]c1=O. The molecule has 2 heterocycles. The second-order valence-electron chi connectivity index (χ2n) is 4.41. The number of anilines is 1. The highest BCUT2D eigenvalue weighted by atomic mass is 32.2. The molecule has 0 unspecified atom stereocenters. The van der Waals surface area contributed by atoms with Crippen LogP contribution in [0.1, 0.15) is 32.5 Å². The Bertz CT molecular complexity index is 648. The summed E-state index contributed by atoms with van der Waals surface area (Å²) in [6, 6.07) is 1.72. The minimum absolute atomic E-state index is 0.176. The van der Waals surface area contributed by atoms with Crippen LogP contribution in [0, 0.1) is 0 Å². The van der Waals surface area contributed by atoms with Gasteiger partial charge in [-0.25, -0.2) is 25.7 Å². The fourth-order valence-corrected chi connectivity index (χ4v) is 2.49. The molecule has 0 amide bonds. The van der Waals surface area contributed by atoms with E-state index in [1.807, 2.05) is 20.8 Å². The molecule has 0 aliphatic carbocycles. The zero-order chi connectivity index (χ0) is 14.7. The number of aromatic nitrogens is 5. The predicted molar refractivity (Wildman–Crippen MR) is 76.6 cm³/mol. The third kappa shape index (κ3) is 2.99. The van der Waals surface area contributed by atoms with Gasteiger partial charge in [0.15, 0.2) is 5.16 Å². The molecule has 108 valence electrons. The van der Waals surface area contributed by atoms with Gasteiger partial charge in [0.25, 0.3) is 0 Å². The molecule has 0 radical (unpaired) electrons. The number of rotatable bonds is 5. The van der Waals surface area contributed by atoms with E-state index in [9.17, 15) is 4.79 Å². The highest BCUT2D eigenvalue weighted by Gasteiger charge is 2.13. The van der Waals surface area contributed by atoms with Crippen LogP contribution in [-0.4, -0.2) is 24.7 Å². The van der Waals surface area contributed by atoms with Gasteiger partial charge in [-0.05, 0) is 18.7 Å². The summed E-state index contributed by atoms with van der Waals surface area (Å²) in [5, 5.41) is 7.66. The van der Waals surface area contributed by atoms with Gasteiger partial charge in [-0.15, -0.1) is 5.10 Å². The smallest absolute Gasteiger partial charge is 0.308 e. The maximum Gasteiger partial charge on any atom is 0.343 e. The molecule has 0 fully saturated rings. The van der Waals surface area contributed by atoms with Crippen molar-refractivity contribution in [2.75, 3.05) is 5.43 Å². The first kappa shape index (κ1) is 14.5. The average Bonchev–Trinajstić information content (AvgIpc) is 2.78. The first-order valence-electron chi connectivity index (χ1n) is 6.23. The molecule has 9 heteroatoms. The summed E-state index contributed by atoms with van der Waals surface area (Å²) in [6.45, 7) is 6.43. The molecule has 0 aromatic carbocycles. The molecule has 20 heavy (non-hydrogen) atoms. The van der Waals surface area contributed by atoms with Gasteiger partial charge in [0.1, 0.15) is 16.7 Å². The number of H-pyrrole nitrogens is 1. The molecule has 2 aromatic heterocycles. The van der Waals surface area contributed by atoms with Crippen LogP contribution in [0.5, 0.6) is 0 Å². The highest BCUT2D eigenvalue weighted by molar-refractivity contribution is 7.99. The topological polar surface area (TPSA) is 115 Å². The number of hydrazine groups is 1. The van der Waals surface area contributed by atoms with Crippen molar-refractivity contribution in [1.82, 2.24) is 24.7 Å². The van der Waals surface area contributed by atoms with Crippen LogP contribution in [0.2, 0.25) is 0 Å². The number of nitrogens with zero attached hydrogens (tertiary/aromatic N) is 4. The lowest BCUT2D eigenvalue weighted by Gasteiger charge is -2.09. The Kier molecular flexibility index (Phi) is 4.40. The standard InChI is InChI=1S/C11H17N7OS/c1-4-18-10(19)16-17-11(18)20-8-5-7(15-12)13-9(14-8)6(2)3/h5-6H,4,12H2,1-3H3,(H,16,19)(H,13,14,15). The second kappa shape index (κ2) is 6.06. The molecular weight excluding hydrogens is 278 g/mol. The van der Waals surface area contributed by atoms with Gasteiger partial charge in [0.2, 0.25) is 0 Å². The third-order valence-corrected chi connectivity index (χ3v) is 3.53. The van der Waals surface area contributed by atoms with Gasteiger partial charge in [0.05, 0.1) is 0 Å². The van der Waals surface area contributed by atoms with Crippen LogP contribution in [0.3, 0.4) is 0 Å². The van der Waals surface area contributed by atoms with Gasteiger partial charge < -0.3 is 5.43 Å². The van der Waals surface area contributed by atoms with Gasteiger partial charge >= 0.3 is 5.69 Å². The van der Waals surface area contributed by atoms with Crippen molar-refractivity contribution in [3.05, 3.63) is 22.4 Å². The van der Waals surface area contributed by atoms with Crippen molar-refractivity contribution in [3.63, 3.8) is 0 Å². The Balaban J connectivity index is 2.37. The van der Waals surface area contributed by atoms with E-state index in [1.54, 1.807) is 6.07 Å². The van der Waals surface area contributed by atoms with E-state index >= 15 is 0 Å². The molecule has 4 N–H and O–H groups in total.